The summed E-state index contributed by atoms with van der Waals surface area (Å²) in [7, 11) is 0. The van der Waals surface area contributed by atoms with Gasteiger partial charge in [0.1, 0.15) is 11.6 Å². The van der Waals surface area contributed by atoms with Gasteiger partial charge < -0.3 is 15.7 Å². The number of benzene rings is 1. The van der Waals surface area contributed by atoms with Crippen LogP contribution >= 0.6 is 11.8 Å². The van der Waals surface area contributed by atoms with Crippen LogP contribution in [0.5, 0.6) is 0 Å². The Morgan fingerprint density at radius 3 is 2.57 bits per heavy atom. The third-order valence-electron chi connectivity index (χ3n) is 2.67. The number of urea groups is 1. The number of carbonyl (C=O) groups excluding carboxylic acids is 1. The summed E-state index contributed by atoms with van der Waals surface area (Å²) < 4.78 is 26.7. The van der Waals surface area contributed by atoms with E-state index in [1.807, 2.05) is 6.26 Å². The van der Waals surface area contributed by atoms with Crippen molar-refractivity contribution in [3.05, 3.63) is 29.3 Å². The van der Waals surface area contributed by atoms with E-state index in [0.717, 1.165) is 18.2 Å². The highest BCUT2D eigenvalue weighted by atomic mass is 32.2. The molecule has 0 fully saturated rings. The van der Waals surface area contributed by atoms with Crippen LogP contribution in [-0.2, 0) is 0 Å². The number of anilines is 1. The second kappa shape index (κ2) is 7.82. The maximum absolute atomic E-state index is 13.5. The van der Waals surface area contributed by atoms with Gasteiger partial charge in [-0.15, -0.1) is 0 Å². The minimum absolute atomic E-state index is 0.125. The Bertz CT molecular complexity index is 540. The standard InChI is InChI=1S/C13H16F2N2O3S/c1-7(3-4-21-2)16-13(20)17-11-5-8(12(18)19)9(14)6-10(11)15/h5-7H,3-4H2,1-2H3,(H,18,19)(H2,16,17,20). The van der Waals surface area contributed by atoms with Crippen molar-refractivity contribution in [1.29, 1.82) is 0 Å². The summed E-state index contributed by atoms with van der Waals surface area (Å²) in [5.74, 6) is -2.91. The summed E-state index contributed by atoms with van der Waals surface area (Å²) in [5.41, 5.74) is -1.09. The molecule has 0 heterocycles. The number of halogens is 2. The summed E-state index contributed by atoms with van der Waals surface area (Å²) in [6.45, 7) is 1.79. The van der Waals surface area contributed by atoms with Crippen LogP contribution in [0.2, 0.25) is 0 Å². The number of aromatic carboxylic acids is 1. The Morgan fingerprint density at radius 2 is 2.00 bits per heavy atom. The summed E-state index contributed by atoms with van der Waals surface area (Å²) in [6.07, 6.45) is 2.68. The van der Waals surface area contributed by atoms with Crippen molar-refractivity contribution in [2.75, 3.05) is 17.3 Å². The predicted molar refractivity (Wildman–Crippen MR) is 77.9 cm³/mol. The molecule has 3 N–H and O–H groups in total. The molecular weight excluding hydrogens is 302 g/mol. The van der Waals surface area contributed by atoms with Crippen LogP contribution in [0.15, 0.2) is 12.1 Å². The van der Waals surface area contributed by atoms with Crippen molar-refractivity contribution in [3.8, 4) is 0 Å². The van der Waals surface area contributed by atoms with E-state index in [0.29, 0.717) is 6.07 Å². The van der Waals surface area contributed by atoms with Gasteiger partial charge in [0, 0.05) is 12.1 Å². The molecule has 21 heavy (non-hydrogen) atoms. The molecule has 0 aromatic heterocycles. The fraction of sp³-hybridized carbons (Fsp3) is 0.385. The van der Waals surface area contributed by atoms with E-state index in [2.05, 4.69) is 10.6 Å². The average Bonchev–Trinajstić information content (AvgIpc) is 2.39. The highest BCUT2D eigenvalue weighted by molar-refractivity contribution is 7.98. The fourth-order valence-electron chi connectivity index (χ4n) is 1.56. The molecule has 0 saturated carbocycles. The van der Waals surface area contributed by atoms with Crippen molar-refractivity contribution >= 4 is 29.4 Å². The van der Waals surface area contributed by atoms with E-state index in [-0.39, 0.29) is 11.7 Å². The highest BCUT2D eigenvalue weighted by Gasteiger charge is 2.17. The van der Waals surface area contributed by atoms with Gasteiger partial charge in [0.2, 0.25) is 0 Å². The Hall–Kier alpha value is -1.83. The molecule has 0 bridgehead atoms. The zero-order valence-electron chi connectivity index (χ0n) is 11.6. The number of nitrogens with one attached hydrogen (secondary N) is 2. The number of carboxylic acid groups (broad SMARTS) is 1. The maximum Gasteiger partial charge on any atom is 0.338 e. The number of carbonyl (C=O) groups is 2. The molecule has 116 valence electrons. The molecule has 0 aliphatic heterocycles. The van der Waals surface area contributed by atoms with Gasteiger partial charge in [-0.3, -0.25) is 0 Å². The number of rotatable bonds is 6. The lowest BCUT2D eigenvalue weighted by molar-refractivity contribution is 0.0692. The van der Waals surface area contributed by atoms with Crippen molar-refractivity contribution in [2.45, 2.75) is 19.4 Å². The minimum atomic E-state index is -1.54. The Kier molecular flexibility index (Phi) is 6.41. The van der Waals surface area contributed by atoms with Crippen LogP contribution < -0.4 is 10.6 Å². The monoisotopic (exact) mass is 318 g/mol. The molecule has 0 aliphatic rings. The van der Waals surface area contributed by atoms with Crippen molar-refractivity contribution in [2.24, 2.45) is 0 Å². The second-order valence-electron chi connectivity index (χ2n) is 4.40. The largest absolute Gasteiger partial charge is 0.478 e. The normalized spacial score (nSPS) is 11.8. The van der Waals surface area contributed by atoms with Gasteiger partial charge in [0.15, 0.2) is 0 Å². The third kappa shape index (κ3) is 5.22. The Morgan fingerprint density at radius 1 is 1.33 bits per heavy atom. The number of thioether (sulfide) groups is 1. The van der Waals surface area contributed by atoms with Crippen LogP contribution in [0.3, 0.4) is 0 Å². The van der Waals surface area contributed by atoms with Gasteiger partial charge in [-0.05, 0) is 31.4 Å². The van der Waals surface area contributed by atoms with Gasteiger partial charge in [0.05, 0.1) is 11.3 Å². The SMILES string of the molecule is CSCCC(C)NC(=O)Nc1cc(C(=O)O)c(F)cc1F. The van der Waals surface area contributed by atoms with E-state index >= 15 is 0 Å². The Labute approximate surface area is 125 Å². The first-order chi connectivity index (χ1) is 9.85. The maximum atomic E-state index is 13.5. The molecule has 0 spiro atoms. The van der Waals surface area contributed by atoms with E-state index in [1.165, 1.54) is 0 Å². The second-order valence-corrected chi connectivity index (χ2v) is 5.38. The van der Waals surface area contributed by atoms with E-state index in [1.54, 1.807) is 18.7 Å². The highest BCUT2D eigenvalue weighted by Crippen LogP contribution is 2.19. The summed E-state index contributed by atoms with van der Waals surface area (Å²) in [4.78, 5) is 22.4. The van der Waals surface area contributed by atoms with Crippen molar-refractivity contribution in [3.63, 3.8) is 0 Å². The first-order valence-corrected chi connectivity index (χ1v) is 7.53. The zero-order chi connectivity index (χ0) is 16.0. The average molecular weight is 318 g/mol. The predicted octanol–water partition coefficient (Wildman–Crippen LogP) is 2.93. The summed E-state index contributed by atoms with van der Waals surface area (Å²) in [6, 6.07) is 0.375. The number of hydrogen-bond acceptors (Lipinski definition) is 3. The molecule has 1 atom stereocenters. The molecule has 1 aromatic rings. The number of hydrogen-bond donors (Lipinski definition) is 3. The molecule has 0 saturated heterocycles. The van der Waals surface area contributed by atoms with Crippen LogP contribution in [0.25, 0.3) is 0 Å². The first-order valence-electron chi connectivity index (χ1n) is 6.14. The van der Waals surface area contributed by atoms with Crippen LogP contribution in [0.1, 0.15) is 23.7 Å². The third-order valence-corrected chi connectivity index (χ3v) is 3.31. The van der Waals surface area contributed by atoms with E-state index < -0.39 is 29.2 Å². The zero-order valence-corrected chi connectivity index (χ0v) is 12.4. The molecule has 1 rings (SSSR count). The molecule has 1 unspecified atom stereocenters. The van der Waals surface area contributed by atoms with Gasteiger partial charge in [-0.2, -0.15) is 11.8 Å². The lowest BCUT2D eigenvalue weighted by atomic mass is 10.2. The molecule has 0 aliphatic carbocycles. The number of carboxylic acids is 1. The summed E-state index contributed by atoms with van der Waals surface area (Å²) in [5, 5.41) is 13.5. The molecule has 5 nitrogen and oxygen atoms in total. The molecular formula is C13H16F2N2O3S. The summed E-state index contributed by atoms with van der Waals surface area (Å²) >= 11 is 1.63. The first kappa shape index (κ1) is 17.2. The smallest absolute Gasteiger partial charge is 0.338 e. The quantitative estimate of drug-likeness (QED) is 0.753. The van der Waals surface area contributed by atoms with E-state index in [4.69, 9.17) is 5.11 Å². The molecule has 8 heteroatoms. The van der Waals surface area contributed by atoms with Crippen LogP contribution in [0.4, 0.5) is 19.3 Å². The Balaban J connectivity index is 2.76. The van der Waals surface area contributed by atoms with Gasteiger partial charge in [0.25, 0.3) is 0 Å². The fourth-order valence-corrected chi connectivity index (χ4v) is 2.15. The number of amides is 2. The molecule has 1 aromatic carbocycles. The van der Waals surface area contributed by atoms with E-state index in [9.17, 15) is 18.4 Å². The van der Waals surface area contributed by atoms with Gasteiger partial charge in [-0.1, -0.05) is 0 Å². The van der Waals surface area contributed by atoms with Gasteiger partial charge in [-0.25, -0.2) is 18.4 Å². The topological polar surface area (TPSA) is 78.4 Å². The van der Waals surface area contributed by atoms with Gasteiger partial charge >= 0.3 is 12.0 Å². The minimum Gasteiger partial charge on any atom is -0.478 e. The molecule has 0 radical (unpaired) electrons. The molecule has 2 amide bonds. The lowest BCUT2D eigenvalue weighted by Gasteiger charge is -2.14. The van der Waals surface area contributed by atoms with Crippen LogP contribution in [-0.4, -0.2) is 35.2 Å². The lowest BCUT2D eigenvalue weighted by Crippen LogP contribution is -2.36. The van der Waals surface area contributed by atoms with Crippen molar-refractivity contribution in [1.82, 2.24) is 5.32 Å². The van der Waals surface area contributed by atoms with Crippen molar-refractivity contribution < 1.29 is 23.5 Å². The van der Waals surface area contributed by atoms with Crippen LogP contribution in [0, 0.1) is 11.6 Å².